The maximum Gasteiger partial charge on any atom is 0.416 e. The molecule has 2 N–H and O–H groups in total. The molecule has 0 bridgehead atoms. The third-order valence-electron chi connectivity index (χ3n) is 3.73. The van der Waals surface area contributed by atoms with Crippen LogP contribution in [0.2, 0.25) is 0 Å². The smallest absolute Gasteiger partial charge is 0.375 e. The number of nitrogens with one attached hydrogen (secondary N) is 2. The van der Waals surface area contributed by atoms with Gasteiger partial charge in [0.2, 0.25) is 17.8 Å². The van der Waals surface area contributed by atoms with Gasteiger partial charge in [-0.05, 0) is 31.0 Å². The number of hydrogen-bond donors (Lipinski definition) is 2. The van der Waals surface area contributed by atoms with Gasteiger partial charge in [-0.1, -0.05) is 19.1 Å². The molecule has 152 valence electrons. The highest BCUT2D eigenvalue weighted by molar-refractivity contribution is 5.86. The molecule has 1 unspecified atom stereocenters. The van der Waals surface area contributed by atoms with Gasteiger partial charge in [-0.3, -0.25) is 10.1 Å². The molecule has 28 heavy (non-hydrogen) atoms. The summed E-state index contributed by atoms with van der Waals surface area (Å²) in [5.41, 5.74) is -0.0451. The second kappa shape index (κ2) is 9.45. The van der Waals surface area contributed by atoms with Crippen LogP contribution in [0.15, 0.2) is 24.3 Å². The molecular weight excluding hydrogens is 375 g/mol. The van der Waals surface area contributed by atoms with Crippen LogP contribution in [0, 0.1) is 6.92 Å². The largest absolute Gasteiger partial charge is 0.416 e. The molecular formula is C18H22F3N5O2. The van der Waals surface area contributed by atoms with E-state index in [0.717, 1.165) is 12.1 Å². The zero-order valence-corrected chi connectivity index (χ0v) is 15.8. The van der Waals surface area contributed by atoms with Crippen LogP contribution in [0.4, 0.5) is 25.1 Å². The molecule has 1 amide bonds. The molecule has 2 aromatic rings. The monoisotopic (exact) mass is 397 g/mol. The van der Waals surface area contributed by atoms with Crippen LogP contribution in [0.5, 0.6) is 0 Å². The molecule has 0 saturated carbocycles. The Labute approximate surface area is 160 Å². The van der Waals surface area contributed by atoms with Crippen LogP contribution in [-0.4, -0.2) is 33.5 Å². The second-order valence-electron chi connectivity index (χ2n) is 6.17. The number of ether oxygens (including phenoxy) is 1. The molecule has 2 rings (SSSR count). The molecule has 0 spiro atoms. The first kappa shape index (κ1) is 21.5. The van der Waals surface area contributed by atoms with Gasteiger partial charge >= 0.3 is 6.18 Å². The lowest BCUT2D eigenvalue weighted by molar-refractivity contribution is -0.137. The molecule has 0 aliphatic heterocycles. The minimum atomic E-state index is -4.35. The van der Waals surface area contributed by atoms with Gasteiger partial charge in [0.25, 0.3) is 0 Å². The van der Waals surface area contributed by atoms with Gasteiger partial charge in [0.1, 0.15) is 5.82 Å². The number of anilines is 2. The van der Waals surface area contributed by atoms with Crippen molar-refractivity contribution in [1.82, 2.24) is 15.0 Å². The number of aryl methyl sites for hydroxylation is 1. The molecule has 7 nitrogen and oxygen atoms in total. The summed E-state index contributed by atoms with van der Waals surface area (Å²) >= 11 is 0. The molecule has 0 saturated heterocycles. The Hall–Kier alpha value is -2.75. The summed E-state index contributed by atoms with van der Waals surface area (Å²) in [4.78, 5) is 23.5. The van der Waals surface area contributed by atoms with Crippen molar-refractivity contribution in [3.8, 4) is 0 Å². The molecule has 10 heteroatoms. The lowest BCUT2D eigenvalue weighted by Crippen LogP contribution is -2.26. The van der Waals surface area contributed by atoms with Crippen molar-refractivity contribution in [1.29, 1.82) is 0 Å². The Balaban J connectivity index is 1.91. The summed E-state index contributed by atoms with van der Waals surface area (Å²) < 4.78 is 43.3. The molecule has 0 fully saturated rings. The molecule has 1 atom stereocenters. The minimum Gasteiger partial charge on any atom is -0.375 e. The fraction of sp³-hybridized carbons (Fsp3) is 0.444. The van der Waals surface area contributed by atoms with Crippen LogP contribution in [0.1, 0.15) is 37.2 Å². The van der Waals surface area contributed by atoms with Crippen molar-refractivity contribution in [2.24, 2.45) is 0 Å². The highest BCUT2D eigenvalue weighted by Gasteiger charge is 2.29. The number of alkyl halides is 3. The minimum absolute atomic E-state index is 0.124. The number of carbonyl (C=O) groups is 1. The number of rotatable bonds is 8. The number of halogens is 3. The van der Waals surface area contributed by atoms with Crippen molar-refractivity contribution >= 4 is 17.8 Å². The second-order valence-corrected chi connectivity index (χ2v) is 6.17. The summed E-state index contributed by atoms with van der Waals surface area (Å²) in [6.07, 6.45) is -3.65. The van der Waals surface area contributed by atoms with E-state index in [1.807, 2.05) is 6.92 Å². The first-order valence-corrected chi connectivity index (χ1v) is 8.68. The Bertz CT molecular complexity index is 797. The molecule has 1 heterocycles. The lowest BCUT2D eigenvalue weighted by Gasteiger charge is -2.17. The standard InChI is InChI=1S/C18H22F3N5O2/c1-4-15(25-17-23-11(2)22-16(26-17)24-12(3)27)10-28-9-13-5-7-14(8-6-13)18(19,20)21/h5-8,15H,4,9-10H2,1-3H3,(H2,22,23,24,25,26,27). The van der Waals surface area contributed by atoms with E-state index in [0.29, 0.717) is 30.4 Å². The average molecular weight is 397 g/mol. The molecule has 0 aliphatic carbocycles. The maximum absolute atomic E-state index is 12.6. The Kier molecular flexibility index (Phi) is 7.27. The number of carbonyl (C=O) groups excluding carboxylic acids is 1. The van der Waals surface area contributed by atoms with Gasteiger partial charge < -0.3 is 10.1 Å². The Morgan fingerprint density at radius 1 is 1.14 bits per heavy atom. The number of benzene rings is 1. The topological polar surface area (TPSA) is 89.0 Å². The van der Waals surface area contributed by atoms with E-state index in [1.54, 1.807) is 6.92 Å². The van der Waals surface area contributed by atoms with Crippen LogP contribution in [0.3, 0.4) is 0 Å². The summed E-state index contributed by atoms with van der Waals surface area (Å²) in [7, 11) is 0. The molecule has 0 aliphatic rings. The van der Waals surface area contributed by atoms with Crippen LogP contribution < -0.4 is 10.6 Å². The normalized spacial score (nSPS) is 12.5. The highest BCUT2D eigenvalue weighted by atomic mass is 19.4. The van der Waals surface area contributed by atoms with E-state index in [9.17, 15) is 18.0 Å². The maximum atomic E-state index is 12.6. The number of nitrogens with zero attached hydrogens (tertiary/aromatic N) is 3. The molecule has 0 radical (unpaired) electrons. The van der Waals surface area contributed by atoms with Crippen LogP contribution in [0.25, 0.3) is 0 Å². The number of hydrogen-bond acceptors (Lipinski definition) is 6. The van der Waals surface area contributed by atoms with Gasteiger partial charge in [-0.15, -0.1) is 0 Å². The van der Waals surface area contributed by atoms with E-state index < -0.39 is 11.7 Å². The van der Waals surface area contributed by atoms with Crippen molar-refractivity contribution in [3.05, 3.63) is 41.2 Å². The third-order valence-corrected chi connectivity index (χ3v) is 3.73. The predicted molar refractivity (Wildman–Crippen MR) is 97.7 cm³/mol. The zero-order chi connectivity index (χ0) is 20.7. The summed E-state index contributed by atoms with van der Waals surface area (Å²) in [6.45, 7) is 5.47. The quantitative estimate of drug-likeness (QED) is 0.708. The SMILES string of the molecule is CCC(COCc1ccc(C(F)(F)F)cc1)Nc1nc(C)nc(NC(C)=O)n1. The first-order valence-electron chi connectivity index (χ1n) is 8.68. The van der Waals surface area contributed by atoms with E-state index in [1.165, 1.54) is 19.1 Å². The van der Waals surface area contributed by atoms with Gasteiger partial charge in [0.05, 0.1) is 24.8 Å². The number of amides is 1. The Morgan fingerprint density at radius 2 is 1.79 bits per heavy atom. The molecule has 1 aromatic carbocycles. The summed E-state index contributed by atoms with van der Waals surface area (Å²) in [6, 6.07) is 4.73. The van der Waals surface area contributed by atoms with Crippen molar-refractivity contribution in [3.63, 3.8) is 0 Å². The fourth-order valence-corrected chi connectivity index (χ4v) is 2.31. The predicted octanol–water partition coefficient (Wildman–Crippen LogP) is 3.56. The zero-order valence-electron chi connectivity index (χ0n) is 15.8. The van der Waals surface area contributed by atoms with Crippen molar-refractivity contribution in [2.45, 2.75) is 46.0 Å². The molecule has 1 aromatic heterocycles. The van der Waals surface area contributed by atoms with E-state index in [4.69, 9.17) is 4.74 Å². The first-order chi connectivity index (χ1) is 13.2. The third kappa shape index (κ3) is 6.76. The number of aromatic nitrogens is 3. The lowest BCUT2D eigenvalue weighted by atomic mass is 10.1. The van der Waals surface area contributed by atoms with Crippen molar-refractivity contribution < 1.29 is 22.7 Å². The Morgan fingerprint density at radius 3 is 2.36 bits per heavy atom. The van der Waals surface area contributed by atoms with Crippen LogP contribution >= 0.6 is 0 Å². The van der Waals surface area contributed by atoms with E-state index in [2.05, 4.69) is 25.6 Å². The summed E-state index contributed by atoms with van der Waals surface area (Å²) in [5.74, 6) is 0.620. The summed E-state index contributed by atoms with van der Waals surface area (Å²) in [5, 5.41) is 5.62. The van der Waals surface area contributed by atoms with Crippen molar-refractivity contribution in [2.75, 3.05) is 17.2 Å². The van der Waals surface area contributed by atoms with Gasteiger partial charge in [-0.25, -0.2) is 0 Å². The van der Waals surface area contributed by atoms with E-state index in [-0.39, 0.29) is 24.5 Å². The average Bonchev–Trinajstić information content (AvgIpc) is 2.59. The van der Waals surface area contributed by atoms with Crippen LogP contribution in [-0.2, 0) is 22.3 Å². The van der Waals surface area contributed by atoms with Gasteiger partial charge in [0, 0.05) is 6.92 Å². The highest BCUT2D eigenvalue weighted by Crippen LogP contribution is 2.29. The van der Waals surface area contributed by atoms with Gasteiger partial charge in [0.15, 0.2) is 0 Å². The van der Waals surface area contributed by atoms with Gasteiger partial charge in [-0.2, -0.15) is 28.1 Å². The fourth-order valence-electron chi connectivity index (χ4n) is 2.31. The van der Waals surface area contributed by atoms with E-state index >= 15 is 0 Å².